The number of halogens is 1. The van der Waals surface area contributed by atoms with Gasteiger partial charge in [0.15, 0.2) is 0 Å². The Labute approximate surface area is 111 Å². The van der Waals surface area contributed by atoms with E-state index < -0.39 is 0 Å². The van der Waals surface area contributed by atoms with E-state index in [1.165, 1.54) is 0 Å². The second-order valence-corrected chi connectivity index (χ2v) is 4.45. The van der Waals surface area contributed by atoms with E-state index in [0.717, 1.165) is 23.2 Å². The molecule has 1 N–H and O–H groups in total. The first-order valence-electron chi connectivity index (χ1n) is 5.80. The Balaban J connectivity index is 2.38. The predicted octanol–water partition coefficient (Wildman–Crippen LogP) is 2.51. The van der Waals surface area contributed by atoms with E-state index in [9.17, 15) is 4.79 Å². The van der Waals surface area contributed by atoms with Crippen LogP contribution in [0.1, 0.15) is 20.3 Å². The molecule has 1 heterocycles. The zero-order valence-corrected chi connectivity index (χ0v) is 11.8. The SMILES string of the molecule is CCN(CC)C(=O)CCNc1ccncc1Br. The zero-order valence-electron chi connectivity index (χ0n) is 10.2. The number of amides is 1. The number of rotatable bonds is 6. The Morgan fingerprint density at radius 3 is 2.76 bits per heavy atom. The highest BCUT2D eigenvalue weighted by Crippen LogP contribution is 2.19. The lowest BCUT2D eigenvalue weighted by molar-refractivity contribution is -0.130. The van der Waals surface area contributed by atoms with E-state index in [2.05, 4.69) is 26.2 Å². The van der Waals surface area contributed by atoms with Crippen LogP contribution >= 0.6 is 15.9 Å². The fourth-order valence-electron chi connectivity index (χ4n) is 1.56. The molecule has 17 heavy (non-hydrogen) atoms. The molecule has 0 aromatic carbocycles. The standard InChI is InChI=1S/C12H18BrN3O/c1-3-16(4-2)12(17)6-8-15-11-5-7-14-9-10(11)13/h5,7,9H,3-4,6,8H2,1-2H3,(H,14,15). The average Bonchev–Trinajstić information content (AvgIpc) is 2.33. The molecule has 0 aliphatic rings. The highest BCUT2D eigenvalue weighted by atomic mass is 79.9. The van der Waals surface area contributed by atoms with Gasteiger partial charge in [-0.1, -0.05) is 0 Å². The first-order valence-corrected chi connectivity index (χ1v) is 6.59. The molecule has 1 aromatic rings. The molecule has 0 atom stereocenters. The molecule has 0 aliphatic heterocycles. The van der Waals surface area contributed by atoms with Gasteiger partial charge in [0.25, 0.3) is 0 Å². The first-order chi connectivity index (χ1) is 8.19. The molecule has 0 saturated heterocycles. The van der Waals surface area contributed by atoms with Gasteiger partial charge in [0.1, 0.15) is 0 Å². The number of hydrogen-bond acceptors (Lipinski definition) is 3. The van der Waals surface area contributed by atoms with Gasteiger partial charge in [0.05, 0.1) is 10.2 Å². The maximum Gasteiger partial charge on any atom is 0.224 e. The molecule has 4 nitrogen and oxygen atoms in total. The average molecular weight is 300 g/mol. The third-order valence-corrected chi connectivity index (χ3v) is 3.17. The highest BCUT2D eigenvalue weighted by Gasteiger charge is 2.08. The van der Waals surface area contributed by atoms with E-state index in [0.29, 0.717) is 13.0 Å². The van der Waals surface area contributed by atoms with E-state index in [1.807, 2.05) is 24.8 Å². The number of hydrogen-bond donors (Lipinski definition) is 1. The molecular weight excluding hydrogens is 282 g/mol. The molecule has 0 fully saturated rings. The number of nitrogens with zero attached hydrogens (tertiary/aromatic N) is 2. The largest absolute Gasteiger partial charge is 0.384 e. The lowest BCUT2D eigenvalue weighted by Crippen LogP contribution is -2.31. The highest BCUT2D eigenvalue weighted by molar-refractivity contribution is 9.10. The van der Waals surface area contributed by atoms with Crippen LogP contribution < -0.4 is 5.32 Å². The van der Waals surface area contributed by atoms with Crippen molar-refractivity contribution < 1.29 is 4.79 Å². The minimum Gasteiger partial charge on any atom is -0.384 e. The van der Waals surface area contributed by atoms with E-state index in [1.54, 1.807) is 12.4 Å². The number of pyridine rings is 1. The second kappa shape index (κ2) is 7.27. The van der Waals surface area contributed by atoms with Gasteiger partial charge in [-0.2, -0.15) is 0 Å². The summed E-state index contributed by atoms with van der Waals surface area (Å²) in [5.41, 5.74) is 0.965. The summed E-state index contributed by atoms with van der Waals surface area (Å²) in [4.78, 5) is 17.6. The number of nitrogens with one attached hydrogen (secondary N) is 1. The smallest absolute Gasteiger partial charge is 0.224 e. The summed E-state index contributed by atoms with van der Waals surface area (Å²) < 4.78 is 0.912. The van der Waals surface area contributed by atoms with E-state index >= 15 is 0 Å². The summed E-state index contributed by atoms with van der Waals surface area (Å²) in [6, 6.07) is 1.88. The maximum atomic E-state index is 11.7. The lowest BCUT2D eigenvalue weighted by Gasteiger charge is -2.18. The minimum atomic E-state index is 0.188. The van der Waals surface area contributed by atoms with Crippen molar-refractivity contribution in [1.29, 1.82) is 0 Å². The molecule has 0 saturated carbocycles. The summed E-state index contributed by atoms with van der Waals surface area (Å²) >= 11 is 3.40. The summed E-state index contributed by atoms with van der Waals surface area (Å²) in [5.74, 6) is 0.188. The molecule has 0 radical (unpaired) electrons. The van der Waals surface area contributed by atoms with Crippen LogP contribution in [0.2, 0.25) is 0 Å². The van der Waals surface area contributed by atoms with Crippen LogP contribution in [-0.2, 0) is 4.79 Å². The number of anilines is 1. The van der Waals surface area contributed by atoms with Crippen LogP contribution in [0, 0.1) is 0 Å². The molecule has 5 heteroatoms. The molecule has 1 aromatic heterocycles. The summed E-state index contributed by atoms with van der Waals surface area (Å²) in [6.07, 6.45) is 3.96. The van der Waals surface area contributed by atoms with Crippen molar-refractivity contribution in [2.75, 3.05) is 25.0 Å². The van der Waals surface area contributed by atoms with Crippen LogP contribution in [0.3, 0.4) is 0 Å². The van der Waals surface area contributed by atoms with Crippen LogP contribution in [-0.4, -0.2) is 35.4 Å². The van der Waals surface area contributed by atoms with Crippen LogP contribution in [0.15, 0.2) is 22.9 Å². The van der Waals surface area contributed by atoms with Crippen molar-refractivity contribution in [3.8, 4) is 0 Å². The minimum absolute atomic E-state index is 0.188. The molecular formula is C12H18BrN3O. The molecule has 0 aliphatic carbocycles. The van der Waals surface area contributed by atoms with Crippen molar-refractivity contribution in [2.45, 2.75) is 20.3 Å². The normalized spacial score (nSPS) is 10.1. The Morgan fingerprint density at radius 1 is 1.47 bits per heavy atom. The quantitative estimate of drug-likeness (QED) is 0.878. The van der Waals surface area contributed by atoms with Gasteiger partial charge >= 0.3 is 0 Å². The van der Waals surface area contributed by atoms with E-state index in [4.69, 9.17) is 0 Å². The summed E-state index contributed by atoms with van der Waals surface area (Å²) in [7, 11) is 0. The number of carbonyl (C=O) groups is 1. The van der Waals surface area contributed by atoms with E-state index in [-0.39, 0.29) is 5.91 Å². The van der Waals surface area contributed by atoms with Crippen LogP contribution in [0.4, 0.5) is 5.69 Å². The Hall–Kier alpha value is -1.10. The molecule has 94 valence electrons. The number of carbonyl (C=O) groups excluding carboxylic acids is 1. The van der Waals surface area contributed by atoms with Crippen LogP contribution in [0.25, 0.3) is 0 Å². The molecule has 1 rings (SSSR count). The molecule has 1 amide bonds. The van der Waals surface area contributed by atoms with Gasteiger partial charge in [-0.3, -0.25) is 9.78 Å². The Bertz CT molecular complexity index is 367. The predicted molar refractivity (Wildman–Crippen MR) is 73.0 cm³/mol. The fourth-order valence-corrected chi connectivity index (χ4v) is 1.95. The van der Waals surface area contributed by atoms with Crippen molar-refractivity contribution in [2.24, 2.45) is 0 Å². The van der Waals surface area contributed by atoms with Gasteiger partial charge in [-0.25, -0.2) is 0 Å². The third-order valence-electron chi connectivity index (χ3n) is 2.54. The van der Waals surface area contributed by atoms with Crippen molar-refractivity contribution in [3.63, 3.8) is 0 Å². The monoisotopic (exact) mass is 299 g/mol. The zero-order chi connectivity index (χ0) is 12.7. The topological polar surface area (TPSA) is 45.2 Å². The van der Waals surface area contributed by atoms with Gasteiger partial charge in [0, 0.05) is 38.4 Å². The molecule has 0 unspecified atom stereocenters. The van der Waals surface area contributed by atoms with Crippen molar-refractivity contribution in [3.05, 3.63) is 22.9 Å². The second-order valence-electron chi connectivity index (χ2n) is 3.60. The Kier molecular flexibility index (Phi) is 5.97. The van der Waals surface area contributed by atoms with Gasteiger partial charge in [0.2, 0.25) is 5.91 Å². The fraction of sp³-hybridized carbons (Fsp3) is 0.500. The van der Waals surface area contributed by atoms with Gasteiger partial charge in [-0.05, 0) is 35.8 Å². The lowest BCUT2D eigenvalue weighted by atomic mass is 10.3. The number of aromatic nitrogens is 1. The summed E-state index contributed by atoms with van der Waals surface area (Å²) in [6.45, 7) is 6.17. The third kappa shape index (κ3) is 4.34. The van der Waals surface area contributed by atoms with Gasteiger partial charge in [-0.15, -0.1) is 0 Å². The maximum absolute atomic E-state index is 11.7. The van der Waals surface area contributed by atoms with Gasteiger partial charge < -0.3 is 10.2 Å². The summed E-state index contributed by atoms with van der Waals surface area (Å²) in [5, 5.41) is 3.21. The van der Waals surface area contributed by atoms with Crippen molar-refractivity contribution in [1.82, 2.24) is 9.88 Å². The van der Waals surface area contributed by atoms with Crippen molar-refractivity contribution >= 4 is 27.5 Å². The molecule has 0 spiro atoms. The Morgan fingerprint density at radius 2 is 2.18 bits per heavy atom. The molecule has 0 bridgehead atoms. The van der Waals surface area contributed by atoms with Crippen LogP contribution in [0.5, 0.6) is 0 Å². The first kappa shape index (κ1) is 14.0.